The van der Waals surface area contributed by atoms with E-state index < -0.39 is 21.9 Å². The van der Waals surface area contributed by atoms with Gasteiger partial charge in [0.2, 0.25) is 0 Å². The number of benzene rings is 6. The molecule has 0 spiro atoms. The molecule has 1 atom stereocenters. The molecule has 0 aromatic heterocycles. The Morgan fingerprint density at radius 1 is 0.646 bits per heavy atom. The van der Waals surface area contributed by atoms with Crippen molar-refractivity contribution in [1.29, 1.82) is 0 Å². The quantitative estimate of drug-likeness (QED) is 0.0978. The van der Waals surface area contributed by atoms with Crippen molar-refractivity contribution in [2.24, 2.45) is 5.92 Å². The number of sulfonamides is 1. The van der Waals surface area contributed by atoms with Crippen molar-refractivity contribution in [3.63, 3.8) is 0 Å². The second-order valence-electron chi connectivity index (χ2n) is 11.7. The minimum Gasteiger partial charge on any atom is -0.469 e. The van der Waals surface area contributed by atoms with E-state index in [9.17, 15) is 18.0 Å². The van der Waals surface area contributed by atoms with Crippen molar-refractivity contribution in [3.8, 4) is 11.1 Å². The van der Waals surface area contributed by atoms with Crippen molar-refractivity contribution in [3.05, 3.63) is 168 Å². The van der Waals surface area contributed by atoms with Crippen LogP contribution in [0, 0.1) is 5.92 Å². The summed E-state index contributed by atoms with van der Waals surface area (Å²) in [4.78, 5) is 26.5. The highest BCUT2D eigenvalue weighted by Crippen LogP contribution is 2.30. The third-order valence-electron chi connectivity index (χ3n) is 8.44. The molecule has 0 N–H and O–H groups in total. The van der Waals surface area contributed by atoms with Gasteiger partial charge in [0.25, 0.3) is 10.0 Å². The van der Waals surface area contributed by atoms with E-state index in [0.29, 0.717) is 17.7 Å². The van der Waals surface area contributed by atoms with E-state index in [0.717, 1.165) is 33.0 Å². The number of nitrogens with zero attached hydrogens (tertiary/aromatic N) is 1. The Morgan fingerprint density at radius 2 is 1.29 bits per heavy atom. The standard InChI is InChI=1S/C41H35NO5S/c1-47-41(44)37(25-30-11-4-2-5-12-30)28-40(43)36-17-10-18-38(26-36)42(29-31-19-21-34(22-20-31)32-13-6-3-7-14-32)48(45,46)39-24-23-33-15-8-9-16-35(33)27-39/h2-24,26-27,37H,25,28-29H2,1H3. The van der Waals surface area contributed by atoms with Gasteiger partial charge in [-0.15, -0.1) is 0 Å². The monoisotopic (exact) mass is 653 g/mol. The second kappa shape index (κ2) is 14.5. The van der Waals surface area contributed by atoms with Gasteiger partial charge in [0.05, 0.1) is 30.2 Å². The summed E-state index contributed by atoms with van der Waals surface area (Å²) in [6, 6.07) is 46.5. The van der Waals surface area contributed by atoms with Crippen LogP contribution < -0.4 is 4.31 Å². The minimum absolute atomic E-state index is 0.0423. The lowest BCUT2D eigenvalue weighted by molar-refractivity contribution is -0.145. The highest BCUT2D eigenvalue weighted by atomic mass is 32.2. The van der Waals surface area contributed by atoms with E-state index in [-0.39, 0.29) is 23.6 Å². The maximum atomic E-state index is 14.4. The summed E-state index contributed by atoms with van der Waals surface area (Å²) in [6.07, 6.45) is 0.268. The number of hydrogen-bond acceptors (Lipinski definition) is 5. The predicted molar refractivity (Wildman–Crippen MR) is 190 cm³/mol. The van der Waals surface area contributed by atoms with Gasteiger partial charge < -0.3 is 4.74 Å². The SMILES string of the molecule is COC(=O)C(CC(=O)c1cccc(N(Cc2ccc(-c3ccccc3)cc2)S(=O)(=O)c2ccc3ccccc3c2)c1)Cc1ccccc1. The Hall–Kier alpha value is -5.53. The number of fused-ring (bicyclic) bond motifs is 1. The number of ether oxygens (including phenoxy) is 1. The molecule has 0 amide bonds. The average Bonchev–Trinajstić information content (AvgIpc) is 3.14. The van der Waals surface area contributed by atoms with E-state index in [4.69, 9.17) is 4.74 Å². The summed E-state index contributed by atoms with van der Waals surface area (Å²) < 4.78 is 35.3. The Labute approximate surface area is 281 Å². The molecule has 0 bridgehead atoms. The zero-order valence-corrected chi connectivity index (χ0v) is 27.3. The summed E-state index contributed by atoms with van der Waals surface area (Å²) in [5.74, 6) is -1.43. The Morgan fingerprint density at radius 3 is 2.00 bits per heavy atom. The third-order valence-corrected chi connectivity index (χ3v) is 10.2. The molecule has 6 aromatic carbocycles. The van der Waals surface area contributed by atoms with Gasteiger partial charge in [-0.2, -0.15) is 0 Å². The first-order valence-corrected chi connectivity index (χ1v) is 17.2. The van der Waals surface area contributed by atoms with Crippen LogP contribution in [0.1, 0.15) is 27.9 Å². The summed E-state index contributed by atoms with van der Waals surface area (Å²) in [7, 11) is -2.77. The van der Waals surface area contributed by atoms with Gasteiger partial charge >= 0.3 is 5.97 Å². The molecular weight excluding hydrogens is 619 g/mol. The van der Waals surface area contributed by atoms with Crippen LogP contribution in [0.3, 0.4) is 0 Å². The molecule has 0 aliphatic rings. The maximum absolute atomic E-state index is 14.4. The molecule has 0 aliphatic heterocycles. The van der Waals surface area contributed by atoms with Gasteiger partial charge in [-0.3, -0.25) is 13.9 Å². The second-order valence-corrected chi connectivity index (χ2v) is 13.5. The normalized spacial score (nSPS) is 11.9. The number of esters is 1. The topological polar surface area (TPSA) is 80.8 Å². The number of hydrogen-bond donors (Lipinski definition) is 0. The van der Waals surface area contributed by atoms with E-state index in [1.807, 2.05) is 109 Å². The molecule has 6 rings (SSSR count). The lowest BCUT2D eigenvalue weighted by atomic mass is 9.92. The first-order valence-electron chi connectivity index (χ1n) is 15.7. The lowest BCUT2D eigenvalue weighted by Gasteiger charge is -2.25. The molecule has 240 valence electrons. The number of ketones is 1. The highest BCUT2D eigenvalue weighted by molar-refractivity contribution is 7.92. The molecule has 6 nitrogen and oxygen atoms in total. The Bertz CT molecular complexity index is 2150. The third kappa shape index (κ3) is 7.37. The van der Waals surface area contributed by atoms with Gasteiger partial charge in [-0.1, -0.05) is 127 Å². The molecule has 0 fully saturated rings. The van der Waals surface area contributed by atoms with Crippen LogP contribution in [0.2, 0.25) is 0 Å². The molecule has 0 aliphatic carbocycles. The van der Waals surface area contributed by atoms with Crippen molar-refractivity contribution < 1.29 is 22.7 Å². The fraction of sp³-hybridized carbons (Fsp3) is 0.122. The van der Waals surface area contributed by atoms with Crippen LogP contribution in [0.15, 0.2) is 157 Å². The number of methoxy groups -OCH3 is 1. The molecule has 48 heavy (non-hydrogen) atoms. The van der Waals surface area contributed by atoms with Gasteiger partial charge in [0.1, 0.15) is 0 Å². The summed E-state index contributed by atoms with van der Waals surface area (Å²) in [5, 5.41) is 1.74. The van der Waals surface area contributed by atoms with Gasteiger partial charge in [0.15, 0.2) is 5.78 Å². The number of carbonyl (C=O) groups excluding carboxylic acids is 2. The van der Waals surface area contributed by atoms with Gasteiger partial charge in [-0.05, 0) is 63.7 Å². The van der Waals surface area contributed by atoms with Gasteiger partial charge in [0, 0.05) is 12.0 Å². The van der Waals surface area contributed by atoms with Gasteiger partial charge in [-0.25, -0.2) is 8.42 Å². The number of rotatable bonds is 12. The van der Waals surface area contributed by atoms with Crippen LogP contribution in [-0.2, 0) is 32.5 Å². The Balaban J connectivity index is 1.34. The largest absolute Gasteiger partial charge is 0.469 e. The number of anilines is 1. The van der Waals surface area contributed by atoms with Crippen molar-refractivity contribution in [2.75, 3.05) is 11.4 Å². The molecule has 0 heterocycles. The van der Waals surface area contributed by atoms with Crippen LogP contribution in [0.5, 0.6) is 0 Å². The van der Waals surface area contributed by atoms with Crippen molar-refractivity contribution >= 4 is 38.2 Å². The van der Waals surface area contributed by atoms with Crippen molar-refractivity contribution in [2.45, 2.75) is 24.3 Å². The fourth-order valence-electron chi connectivity index (χ4n) is 5.85. The Kier molecular flexibility index (Phi) is 9.78. The van der Waals surface area contributed by atoms with E-state index in [1.54, 1.807) is 42.5 Å². The van der Waals surface area contributed by atoms with Crippen LogP contribution in [-0.4, -0.2) is 27.3 Å². The molecule has 0 radical (unpaired) electrons. The minimum atomic E-state index is -4.08. The molecule has 7 heteroatoms. The molecule has 0 saturated heterocycles. The molecular formula is C41H35NO5S. The maximum Gasteiger partial charge on any atom is 0.309 e. The molecule has 0 saturated carbocycles. The smallest absolute Gasteiger partial charge is 0.309 e. The average molecular weight is 654 g/mol. The van der Waals surface area contributed by atoms with Crippen LogP contribution in [0.4, 0.5) is 5.69 Å². The summed E-state index contributed by atoms with van der Waals surface area (Å²) >= 11 is 0. The predicted octanol–water partition coefficient (Wildman–Crippen LogP) is 8.51. The lowest BCUT2D eigenvalue weighted by Crippen LogP contribution is -2.31. The first kappa shape index (κ1) is 32.4. The van der Waals surface area contributed by atoms with Crippen LogP contribution in [0.25, 0.3) is 21.9 Å². The molecule has 6 aromatic rings. The summed E-state index contributed by atoms with van der Waals surface area (Å²) in [5.41, 5.74) is 4.44. The zero-order chi connectivity index (χ0) is 33.5. The summed E-state index contributed by atoms with van der Waals surface area (Å²) in [6.45, 7) is 0.0423. The van der Waals surface area contributed by atoms with E-state index >= 15 is 0 Å². The van der Waals surface area contributed by atoms with E-state index in [2.05, 4.69) is 0 Å². The van der Waals surface area contributed by atoms with Crippen LogP contribution >= 0.6 is 0 Å². The van der Waals surface area contributed by atoms with Crippen molar-refractivity contribution in [1.82, 2.24) is 0 Å². The zero-order valence-electron chi connectivity index (χ0n) is 26.5. The number of Topliss-reactive ketones (excluding diaryl/α,β-unsaturated/α-hetero) is 1. The first-order chi connectivity index (χ1) is 23.3. The molecule has 1 unspecified atom stereocenters. The highest BCUT2D eigenvalue weighted by Gasteiger charge is 2.28. The van der Waals surface area contributed by atoms with E-state index in [1.165, 1.54) is 11.4 Å². The number of carbonyl (C=O) groups is 2. The fourth-order valence-corrected chi connectivity index (χ4v) is 7.33.